The van der Waals surface area contributed by atoms with Gasteiger partial charge in [-0.25, -0.2) is 4.98 Å². The van der Waals surface area contributed by atoms with Crippen molar-refractivity contribution in [3.63, 3.8) is 0 Å². The summed E-state index contributed by atoms with van der Waals surface area (Å²) in [6.45, 7) is 0. The predicted molar refractivity (Wildman–Crippen MR) is 44.9 cm³/mol. The molecule has 0 aromatic carbocycles. The highest BCUT2D eigenvalue weighted by atomic mass is 79.9. The van der Waals surface area contributed by atoms with Gasteiger partial charge in [0.15, 0.2) is 0 Å². The Bertz CT molecular complexity index is 283. The van der Waals surface area contributed by atoms with Crippen LogP contribution in [0, 0.1) is 0 Å². The molecule has 0 fully saturated rings. The third kappa shape index (κ3) is 2.67. The topological polar surface area (TPSA) is 38.9 Å². The maximum Gasteiger partial charge on any atom is 0.407 e. The molecule has 2 N–H and O–H groups in total. The number of hydrogen-bond donors (Lipinski definition) is 1. The Morgan fingerprint density at radius 1 is 1.38 bits per heavy atom. The maximum absolute atomic E-state index is 12.1. The number of nitrogens with two attached hydrogens (primary N) is 1. The van der Waals surface area contributed by atoms with Crippen LogP contribution in [0.3, 0.4) is 0 Å². The van der Waals surface area contributed by atoms with Gasteiger partial charge in [-0.05, 0) is 27.6 Å². The van der Waals surface area contributed by atoms with Gasteiger partial charge >= 0.3 is 6.18 Å². The maximum atomic E-state index is 12.1. The quantitative estimate of drug-likeness (QED) is 0.782. The number of hydrogen-bond acceptors (Lipinski definition) is 2. The minimum absolute atomic E-state index is 0.0456. The lowest BCUT2D eigenvalue weighted by molar-refractivity contribution is -0.149. The van der Waals surface area contributed by atoms with Crippen molar-refractivity contribution < 1.29 is 13.2 Å². The average molecular weight is 255 g/mol. The number of nitrogens with zero attached hydrogens (tertiary/aromatic N) is 1. The van der Waals surface area contributed by atoms with E-state index in [1.165, 1.54) is 12.1 Å². The van der Waals surface area contributed by atoms with Crippen molar-refractivity contribution in [1.29, 1.82) is 0 Å². The van der Waals surface area contributed by atoms with Crippen LogP contribution in [0.15, 0.2) is 22.9 Å². The molecule has 6 heteroatoms. The lowest BCUT2D eigenvalue weighted by Gasteiger charge is -2.14. The van der Waals surface area contributed by atoms with E-state index in [-0.39, 0.29) is 5.56 Å². The smallest absolute Gasteiger partial charge is 0.316 e. The molecule has 1 atom stereocenters. The van der Waals surface area contributed by atoms with Crippen LogP contribution in [0.5, 0.6) is 0 Å². The van der Waals surface area contributed by atoms with Crippen molar-refractivity contribution >= 4 is 15.9 Å². The van der Waals surface area contributed by atoms with E-state index >= 15 is 0 Å². The molecule has 1 heterocycles. The lowest BCUT2D eigenvalue weighted by Crippen LogP contribution is -2.28. The summed E-state index contributed by atoms with van der Waals surface area (Å²) in [4.78, 5) is 3.65. The Hall–Kier alpha value is -0.620. The second-order valence-corrected chi connectivity index (χ2v) is 3.25. The van der Waals surface area contributed by atoms with Gasteiger partial charge in [-0.15, -0.1) is 0 Å². The molecule has 0 saturated carbocycles. The Kier molecular flexibility index (Phi) is 2.92. The van der Waals surface area contributed by atoms with Gasteiger partial charge in [0, 0.05) is 6.20 Å². The minimum Gasteiger partial charge on any atom is -0.316 e. The van der Waals surface area contributed by atoms with E-state index in [1.54, 1.807) is 0 Å². The summed E-state index contributed by atoms with van der Waals surface area (Å²) in [6.07, 6.45) is -3.32. The second kappa shape index (κ2) is 3.63. The van der Waals surface area contributed by atoms with Gasteiger partial charge in [-0.2, -0.15) is 13.2 Å². The molecule has 1 rings (SSSR count). The normalized spacial score (nSPS) is 14.2. The molecule has 0 aliphatic rings. The summed E-state index contributed by atoms with van der Waals surface area (Å²) in [5.41, 5.74) is 4.90. The van der Waals surface area contributed by atoms with Crippen molar-refractivity contribution in [3.8, 4) is 0 Å². The van der Waals surface area contributed by atoms with Crippen molar-refractivity contribution in [3.05, 3.63) is 28.5 Å². The van der Waals surface area contributed by atoms with E-state index in [1.807, 2.05) is 0 Å². The van der Waals surface area contributed by atoms with Gasteiger partial charge in [-0.1, -0.05) is 6.07 Å². The second-order valence-electron chi connectivity index (χ2n) is 2.43. The first-order valence-electron chi connectivity index (χ1n) is 3.35. The Morgan fingerprint density at radius 2 is 2.00 bits per heavy atom. The first-order valence-corrected chi connectivity index (χ1v) is 4.14. The largest absolute Gasteiger partial charge is 0.407 e. The molecule has 0 spiro atoms. The third-order valence-corrected chi connectivity index (χ3v) is 1.93. The Labute approximate surface area is 81.1 Å². The van der Waals surface area contributed by atoms with Crippen LogP contribution in [0.2, 0.25) is 0 Å². The molecule has 0 amide bonds. The molecule has 1 aromatic heterocycles. The molecule has 0 saturated heterocycles. The first-order chi connectivity index (χ1) is 5.91. The summed E-state index contributed by atoms with van der Waals surface area (Å²) in [5, 5.41) is 0. The van der Waals surface area contributed by atoms with Crippen LogP contribution in [-0.2, 0) is 0 Å². The van der Waals surface area contributed by atoms with Gasteiger partial charge in [0.2, 0.25) is 0 Å². The Balaban J connectivity index is 2.90. The molecule has 72 valence electrons. The van der Waals surface area contributed by atoms with Crippen LogP contribution in [0.25, 0.3) is 0 Å². The van der Waals surface area contributed by atoms with E-state index in [9.17, 15) is 13.2 Å². The number of alkyl halides is 3. The molecule has 0 radical (unpaired) electrons. The molecule has 0 unspecified atom stereocenters. The Morgan fingerprint density at radius 3 is 2.38 bits per heavy atom. The van der Waals surface area contributed by atoms with Gasteiger partial charge < -0.3 is 5.73 Å². The van der Waals surface area contributed by atoms with Gasteiger partial charge in [0.1, 0.15) is 10.6 Å². The minimum atomic E-state index is -4.42. The van der Waals surface area contributed by atoms with Crippen molar-refractivity contribution in [2.24, 2.45) is 5.73 Å². The molecule has 0 bridgehead atoms. The van der Waals surface area contributed by atoms with Gasteiger partial charge in [0.25, 0.3) is 0 Å². The molecular formula is C7H6BrF3N2. The summed E-state index contributed by atoms with van der Waals surface area (Å²) < 4.78 is 36.7. The zero-order chi connectivity index (χ0) is 10.1. The van der Waals surface area contributed by atoms with Crippen molar-refractivity contribution in [2.75, 3.05) is 0 Å². The van der Waals surface area contributed by atoms with E-state index in [0.29, 0.717) is 4.60 Å². The van der Waals surface area contributed by atoms with Crippen LogP contribution >= 0.6 is 15.9 Å². The summed E-state index contributed by atoms with van der Waals surface area (Å²) in [5.74, 6) is 0. The standard InChI is InChI=1S/C7H6BrF3N2/c8-5-2-1-4(3-13-5)6(12)7(9,10)11/h1-3,6H,12H2/t6-/m1/s1. The average Bonchev–Trinajstić information content (AvgIpc) is 2.03. The monoisotopic (exact) mass is 254 g/mol. The molecule has 1 aromatic rings. The van der Waals surface area contributed by atoms with Gasteiger partial charge in [-0.3, -0.25) is 0 Å². The van der Waals surface area contributed by atoms with Crippen LogP contribution in [-0.4, -0.2) is 11.2 Å². The first kappa shape index (κ1) is 10.5. The zero-order valence-electron chi connectivity index (χ0n) is 6.35. The van der Waals surface area contributed by atoms with E-state index in [2.05, 4.69) is 20.9 Å². The van der Waals surface area contributed by atoms with Crippen molar-refractivity contribution in [1.82, 2.24) is 4.98 Å². The lowest BCUT2D eigenvalue weighted by atomic mass is 10.1. The summed E-state index contributed by atoms with van der Waals surface area (Å²) in [6, 6.07) is 0.740. The molecule has 13 heavy (non-hydrogen) atoms. The fourth-order valence-corrected chi connectivity index (χ4v) is 0.995. The SMILES string of the molecule is N[C@H](c1ccc(Br)nc1)C(F)(F)F. The third-order valence-electron chi connectivity index (χ3n) is 1.46. The highest BCUT2D eigenvalue weighted by Gasteiger charge is 2.37. The molecule has 0 aliphatic carbocycles. The summed E-state index contributed by atoms with van der Waals surface area (Å²) >= 11 is 3.01. The number of rotatable bonds is 1. The van der Waals surface area contributed by atoms with Crippen LogP contribution in [0.4, 0.5) is 13.2 Å². The molecule has 2 nitrogen and oxygen atoms in total. The van der Waals surface area contributed by atoms with Crippen molar-refractivity contribution in [2.45, 2.75) is 12.2 Å². The van der Waals surface area contributed by atoms with Crippen LogP contribution < -0.4 is 5.73 Å². The highest BCUT2D eigenvalue weighted by Crippen LogP contribution is 2.30. The van der Waals surface area contributed by atoms with Gasteiger partial charge in [0.05, 0.1) is 0 Å². The number of pyridine rings is 1. The van der Waals surface area contributed by atoms with E-state index in [4.69, 9.17) is 5.73 Å². The summed E-state index contributed by atoms with van der Waals surface area (Å²) in [7, 11) is 0. The van der Waals surface area contributed by atoms with E-state index in [0.717, 1.165) is 6.20 Å². The number of aromatic nitrogens is 1. The highest BCUT2D eigenvalue weighted by molar-refractivity contribution is 9.10. The van der Waals surface area contributed by atoms with Crippen LogP contribution in [0.1, 0.15) is 11.6 Å². The fraction of sp³-hybridized carbons (Fsp3) is 0.286. The predicted octanol–water partition coefficient (Wildman–Crippen LogP) is 2.41. The zero-order valence-corrected chi connectivity index (χ0v) is 7.93. The fourth-order valence-electron chi connectivity index (χ4n) is 0.760. The molecular weight excluding hydrogens is 249 g/mol. The number of halogens is 4. The van der Waals surface area contributed by atoms with E-state index < -0.39 is 12.2 Å². The molecule has 0 aliphatic heterocycles.